The number of thiol groups is 2. The van der Waals surface area contributed by atoms with Crippen LogP contribution in [0.25, 0.3) is 0 Å². The molecular formula is C4H10NaO2S2. The molecule has 9 heavy (non-hydrogen) atoms. The fraction of sp³-hybridized carbons (Fsp3) is 1.00. The Kier molecular flexibility index (Phi) is 11.4. The second-order valence-electron chi connectivity index (χ2n) is 1.50. The predicted molar refractivity (Wildman–Crippen MR) is 45.5 cm³/mol. The van der Waals surface area contributed by atoms with Gasteiger partial charge < -0.3 is 10.2 Å². The number of hydrogen-bond acceptors (Lipinski definition) is 4. The number of hydrogen-bond donors (Lipinski definition) is 4. The summed E-state index contributed by atoms with van der Waals surface area (Å²) in [5, 5.41) is 17.5. The molecule has 1 radical (unpaired) electrons. The molecule has 0 aliphatic carbocycles. The molecule has 0 aliphatic heterocycles. The molecule has 0 aromatic heterocycles. The van der Waals surface area contributed by atoms with E-state index >= 15 is 0 Å². The number of rotatable bonds is 3. The summed E-state index contributed by atoms with van der Waals surface area (Å²) in [4.78, 5) is 0. The quantitative estimate of drug-likeness (QED) is 0.336. The van der Waals surface area contributed by atoms with Crippen molar-refractivity contribution in [3.8, 4) is 0 Å². The van der Waals surface area contributed by atoms with Crippen LogP contribution >= 0.6 is 25.3 Å². The van der Waals surface area contributed by atoms with Gasteiger partial charge in [0.1, 0.15) is 0 Å². The second-order valence-corrected chi connectivity index (χ2v) is 2.23. The molecule has 0 rings (SSSR count). The van der Waals surface area contributed by atoms with E-state index in [4.69, 9.17) is 10.2 Å². The summed E-state index contributed by atoms with van der Waals surface area (Å²) in [7, 11) is 0. The van der Waals surface area contributed by atoms with E-state index < -0.39 is 12.2 Å². The summed E-state index contributed by atoms with van der Waals surface area (Å²) in [5.74, 6) is 0.559. The van der Waals surface area contributed by atoms with E-state index in [0.717, 1.165) is 0 Å². The third-order valence-electron chi connectivity index (χ3n) is 0.818. The van der Waals surface area contributed by atoms with Gasteiger partial charge in [-0.2, -0.15) is 25.3 Å². The van der Waals surface area contributed by atoms with Crippen molar-refractivity contribution < 1.29 is 10.2 Å². The minimum absolute atomic E-state index is 0. The first-order valence-corrected chi connectivity index (χ1v) is 3.56. The van der Waals surface area contributed by atoms with E-state index in [-0.39, 0.29) is 41.1 Å². The van der Waals surface area contributed by atoms with Gasteiger partial charge in [-0.3, -0.25) is 0 Å². The van der Waals surface area contributed by atoms with Crippen molar-refractivity contribution >= 4 is 54.8 Å². The zero-order valence-corrected chi connectivity index (χ0v) is 9.15. The Morgan fingerprint density at radius 3 is 1.33 bits per heavy atom. The van der Waals surface area contributed by atoms with Gasteiger partial charge in [-0.1, -0.05) is 0 Å². The van der Waals surface area contributed by atoms with E-state index in [0.29, 0.717) is 0 Å². The van der Waals surface area contributed by atoms with Crippen molar-refractivity contribution in [3.05, 3.63) is 0 Å². The second kappa shape index (κ2) is 7.72. The zero-order valence-electron chi connectivity index (χ0n) is 5.36. The minimum Gasteiger partial charge on any atom is -0.390 e. The Hall–Kier alpha value is 1.62. The van der Waals surface area contributed by atoms with Gasteiger partial charge in [-0.25, -0.2) is 0 Å². The van der Waals surface area contributed by atoms with Crippen molar-refractivity contribution in [1.29, 1.82) is 0 Å². The molecule has 0 fully saturated rings. The molecule has 2 nitrogen and oxygen atoms in total. The molecule has 0 aromatic carbocycles. The molecule has 0 saturated carbocycles. The van der Waals surface area contributed by atoms with Crippen LogP contribution < -0.4 is 0 Å². The maximum Gasteiger partial charge on any atom is 0.0894 e. The average molecular weight is 177 g/mol. The Balaban J connectivity index is 0. The Morgan fingerprint density at radius 2 is 1.22 bits per heavy atom. The van der Waals surface area contributed by atoms with Gasteiger partial charge in [-0.05, 0) is 0 Å². The summed E-state index contributed by atoms with van der Waals surface area (Å²) in [6.07, 6.45) is -1.48. The third-order valence-corrected chi connectivity index (χ3v) is 1.57. The van der Waals surface area contributed by atoms with E-state index in [1.54, 1.807) is 0 Å². The first kappa shape index (κ1) is 13.2. The molecule has 0 heterocycles. The summed E-state index contributed by atoms with van der Waals surface area (Å²) < 4.78 is 0. The summed E-state index contributed by atoms with van der Waals surface area (Å²) >= 11 is 7.53. The number of aliphatic hydroxyl groups is 2. The summed E-state index contributed by atoms with van der Waals surface area (Å²) in [5.41, 5.74) is 0. The van der Waals surface area contributed by atoms with E-state index in [9.17, 15) is 0 Å². The first-order valence-electron chi connectivity index (χ1n) is 2.30. The molecule has 0 amide bonds. The average Bonchev–Trinajstić information content (AvgIpc) is 1.84. The van der Waals surface area contributed by atoms with Crippen LogP contribution in [0.4, 0.5) is 0 Å². The van der Waals surface area contributed by atoms with Gasteiger partial charge in [0.15, 0.2) is 0 Å². The molecule has 2 atom stereocenters. The van der Waals surface area contributed by atoms with Gasteiger partial charge >= 0.3 is 0 Å². The first-order chi connectivity index (χ1) is 3.72. The van der Waals surface area contributed by atoms with Gasteiger partial charge in [0.25, 0.3) is 0 Å². The monoisotopic (exact) mass is 177 g/mol. The SMILES string of the molecule is O[C@@H](CS)[C@@H](O)CS.[Na]. The van der Waals surface area contributed by atoms with Crippen molar-refractivity contribution in [3.63, 3.8) is 0 Å². The topological polar surface area (TPSA) is 40.5 Å². The van der Waals surface area contributed by atoms with Gasteiger partial charge in [0.2, 0.25) is 0 Å². The maximum atomic E-state index is 8.75. The fourth-order valence-electron chi connectivity index (χ4n) is 0.243. The van der Waals surface area contributed by atoms with E-state index in [1.165, 1.54) is 0 Å². The fourth-order valence-corrected chi connectivity index (χ4v) is 0.730. The Labute approximate surface area is 88.1 Å². The zero-order chi connectivity index (χ0) is 6.57. The normalized spacial score (nSPS) is 16.0. The van der Waals surface area contributed by atoms with E-state index in [2.05, 4.69) is 25.3 Å². The van der Waals surface area contributed by atoms with Crippen LogP contribution in [0.1, 0.15) is 0 Å². The van der Waals surface area contributed by atoms with Crippen LogP contribution in [-0.2, 0) is 0 Å². The van der Waals surface area contributed by atoms with Crippen LogP contribution in [0, 0.1) is 0 Å². The molecule has 0 aliphatic rings. The summed E-state index contributed by atoms with van der Waals surface area (Å²) in [6, 6.07) is 0. The molecular weight excluding hydrogens is 167 g/mol. The molecule has 5 heteroatoms. The van der Waals surface area contributed by atoms with Crippen molar-refractivity contribution in [1.82, 2.24) is 0 Å². The van der Waals surface area contributed by atoms with Crippen LogP contribution in [0.15, 0.2) is 0 Å². The number of aliphatic hydroxyl groups excluding tert-OH is 2. The Morgan fingerprint density at radius 1 is 1.00 bits per heavy atom. The summed E-state index contributed by atoms with van der Waals surface area (Å²) in [6.45, 7) is 0. The molecule has 51 valence electrons. The molecule has 0 bridgehead atoms. The largest absolute Gasteiger partial charge is 0.390 e. The molecule has 0 aromatic rings. The Bertz CT molecular complexity index is 56.5. The smallest absolute Gasteiger partial charge is 0.0894 e. The molecule has 0 spiro atoms. The van der Waals surface area contributed by atoms with E-state index in [1.807, 2.05) is 0 Å². The van der Waals surface area contributed by atoms with Crippen LogP contribution in [0.3, 0.4) is 0 Å². The molecule has 2 N–H and O–H groups in total. The van der Waals surface area contributed by atoms with Gasteiger partial charge in [-0.15, -0.1) is 0 Å². The maximum absolute atomic E-state index is 8.75. The van der Waals surface area contributed by atoms with Crippen LogP contribution in [0.2, 0.25) is 0 Å². The van der Waals surface area contributed by atoms with Gasteiger partial charge in [0.05, 0.1) is 12.2 Å². The van der Waals surface area contributed by atoms with Gasteiger partial charge in [0, 0.05) is 41.1 Å². The van der Waals surface area contributed by atoms with Crippen molar-refractivity contribution in [2.45, 2.75) is 12.2 Å². The van der Waals surface area contributed by atoms with Crippen molar-refractivity contribution in [2.24, 2.45) is 0 Å². The standard InChI is InChI=1S/C4H10O2S2.Na/c5-3(1-7)4(6)2-8;/h3-8H,1-2H2;/t3-,4-;/m0./s1. The predicted octanol–water partition coefficient (Wildman–Crippen LogP) is -0.813. The molecule has 0 saturated heterocycles. The van der Waals surface area contributed by atoms with Crippen LogP contribution in [-0.4, -0.2) is 63.5 Å². The minimum atomic E-state index is -0.740. The van der Waals surface area contributed by atoms with Crippen LogP contribution in [0.5, 0.6) is 0 Å². The molecule has 0 unspecified atom stereocenters. The third kappa shape index (κ3) is 6.04. The van der Waals surface area contributed by atoms with Crippen molar-refractivity contribution in [2.75, 3.05) is 11.5 Å².